The number of urea groups is 1. The van der Waals surface area contributed by atoms with Crippen LogP contribution in [-0.2, 0) is 4.79 Å². The number of rotatable bonds is 5. The van der Waals surface area contributed by atoms with Gasteiger partial charge in [0.05, 0.1) is 6.54 Å². The summed E-state index contributed by atoms with van der Waals surface area (Å²) >= 11 is 0. The second-order valence-corrected chi connectivity index (χ2v) is 7.44. The van der Waals surface area contributed by atoms with Gasteiger partial charge in [-0.2, -0.15) is 13.2 Å². The topological polar surface area (TPSA) is 52.7 Å². The van der Waals surface area contributed by atoms with E-state index in [2.05, 4.69) is 19.2 Å². The number of nitrogens with one attached hydrogen (secondary N) is 1. The maximum absolute atomic E-state index is 12.5. The second kappa shape index (κ2) is 14.8. The molecule has 0 bridgehead atoms. The Kier molecular flexibility index (Phi) is 13.8. The van der Waals surface area contributed by atoms with E-state index in [1.54, 1.807) is 38.1 Å². The van der Waals surface area contributed by atoms with Crippen LogP contribution in [0.1, 0.15) is 59.6 Å². The van der Waals surface area contributed by atoms with Crippen molar-refractivity contribution in [1.82, 2.24) is 15.1 Å². The normalized spacial score (nSPS) is 15.2. The first-order chi connectivity index (χ1) is 14.6. The SMILES string of the molecule is CC.CC(C)C(=O)C(NC(=O)N1CCN(CC(F)(F)F)CC1)c1ccccc1.CCC. The molecule has 0 spiro atoms. The fourth-order valence-electron chi connectivity index (χ4n) is 2.87. The minimum Gasteiger partial charge on any atom is -0.324 e. The van der Waals surface area contributed by atoms with Crippen molar-refractivity contribution < 1.29 is 22.8 Å². The molecule has 8 heteroatoms. The lowest BCUT2D eigenvalue weighted by Crippen LogP contribution is -2.54. The molecule has 1 N–H and O–H groups in total. The zero-order valence-electron chi connectivity index (χ0n) is 19.6. The first-order valence-electron chi connectivity index (χ1n) is 11.0. The van der Waals surface area contributed by atoms with Gasteiger partial charge in [-0.3, -0.25) is 9.69 Å². The summed E-state index contributed by atoms with van der Waals surface area (Å²) in [5.74, 6) is -0.371. The fraction of sp³-hybridized carbons (Fsp3) is 0.652. The van der Waals surface area contributed by atoms with Crippen LogP contribution in [0.5, 0.6) is 0 Å². The molecule has 2 rings (SSSR count). The largest absolute Gasteiger partial charge is 0.401 e. The molecule has 1 atom stereocenters. The third-order valence-electron chi connectivity index (χ3n) is 4.32. The van der Waals surface area contributed by atoms with Crippen molar-refractivity contribution >= 4 is 11.8 Å². The van der Waals surface area contributed by atoms with E-state index in [1.807, 2.05) is 19.9 Å². The highest BCUT2D eigenvalue weighted by atomic mass is 19.4. The summed E-state index contributed by atoms with van der Waals surface area (Å²) in [4.78, 5) is 27.8. The molecule has 1 aliphatic rings. The number of hydrogen-bond acceptors (Lipinski definition) is 3. The molecule has 1 aliphatic heterocycles. The number of ketones is 1. The molecule has 5 nitrogen and oxygen atoms in total. The van der Waals surface area contributed by atoms with Crippen LogP contribution in [0.3, 0.4) is 0 Å². The van der Waals surface area contributed by atoms with E-state index in [1.165, 1.54) is 16.2 Å². The standard InChI is InChI=1S/C18H24F3N3O2.C3H8.C2H6/c1-13(2)16(25)15(14-6-4-3-5-7-14)22-17(26)24-10-8-23(9-11-24)12-18(19,20)21;1-3-2;1-2/h3-7,13,15H,8-12H2,1-2H3,(H,22,26);3H2,1-2H3;1-2H3. The second-order valence-electron chi connectivity index (χ2n) is 7.44. The van der Waals surface area contributed by atoms with E-state index in [4.69, 9.17) is 0 Å². The van der Waals surface area contributed by atoms with Crippen LogP contribution < -0.4 is 5.32 Å². The number of carbonyl (C=O) groups is 2. The number of nitrogens with zero attached hydrogens (tertiary/aromatic N) is 2. The van der Waals surface area contributed by atoms with E-state index in [0.717, 1.165) is 0 Å². The van der Waals surface area contributed by atoms with Gasteiger partial charge in [-0.25, -0.2) is 4.79 Å². The molecular weight excluding hydrogens is 407 g/mol. The lowest BCUT2D eigenvalue weighted by Gasteiger charge is -2.35. The van der Waals surface area contributed by atoms with E-state index in [-0.39, 0.29) is 37.9 Å². The third-order valence-corrected chi connectivity index (χ3v) is 4.32. The molecular formula is C23H38F3N3O2. The van der Waals surface area contributed by atoms with Crippen molar-refractivity contribution in [3.05, 3.63) is 35.9 Å². The highest BCUT2D eigenvalue weighted by Gasteiger charge is 2.33. The van der Waals surface area contributed by atoms with Crippen molar-refractivity contribution in [2.75, 3.05) is 32.7 Å². The summed E-state index contributed by atoms with van der Waals surface area (Å²) < 4.78 is 37.3. The Morgan fingerprint density at radius 2 is 1.48 bits per heavy atom. The number of alkyl halides is 3. The number of Topliss-reactive ketones (excluding diaryl/α,β-unsaturated/α-hetero) is 1. The lowest BCUT2D eigenvalue weighted by atomic mass is 9.95. The van der Waals surface area contributed by atoms with Crippen molar-refractivity contribution in [2.24, 2.45) is 5.92 Å². The third kappa shape index (κ3) is 11.2. The number of amides is 2. The monoisotopic (exact) mass is 445 g/mol. The number of halogens is 3. The molecule has 1 aromatic rings. The Morgan fingerprint density at radius 1 is 1.00 bits per heavy atom. The average Bonchev–Trinajstić information content (AvgIpc) is 2.73. The summed E-state index contributed by atoms with van der Waals surface area (Å²) in [6.45, 7) is 11.5. The van der Waals surface area contributed by atoms with Gasteiger partial charge in [0.15, 0.2) is 5.78 Å². The van der Waals surface area contributed by atoms with Crippen molar-refractivity contribution in [1.29, 1.82) is 0 Å². The van der Waals surface area contributed by atoms with Crippen LogP contribution in [0.25, 0.3) is 0 Å². The van der Waals surface area contributed by atoms with Gasteiger partial charge in [-0.1, -0.05) is 78.3 Å². The summed E-state index contributed by atoms with van der Waals surface area (Å²) in [5, 5.41) is 2.74. The fourth-order valence-corrected chi connectivity index (χ4v) is 2.87. The van der Waals surface area contributed by atoms with Gasteiger partial charge in [0.25, 0.3) is 0 Å². The van der Waals surface area contributed by atoms with Crippen molar-refractivity contribution in [2.45, 2.75) is 60.2 Å². The van der Waals surface area contributed by atoms with Crippen LogP contribution in [0.4, 0.5) is 18.0 Å². The highest BCUT2D eigenvalue weighted by molar-refractivity contribution is 5.90. The first-order valence-corrected chi connectivity index (χ1v) is 11.0. The summed E-state index contributed by atoms with van der Waals surface area (Å²) in [7, 11) is 0. The van der Waals surface area contributed by atoms with Crippen LogP contribution in [0, 0.1) is 5.92 Å². The van der Waals surface area contributed by atoms with Crippen molar-refractivity contribution in [3.8, 4) is 0 Å². The van der Waals surface area contributed by atoms with E-state index < -0.39 is 24.8 Å². The molecule has 1 heterocycles. The van der Waals surface area contributed by atoms with Gasteiger partial charge in [-0.05, 0) is 5.56 Å². The van der Waals surface area contributed by atoms with E-state index in [0.29, 0.717) is 5.56 Å². The quantitative estimate of drug-likeness (QED) is 0.670. The Morgan fingerprint density at radius 3 is 1.90 bits per heavy atom. The molecule has 0 saturated carbocycles. The Hall–Kier alpha value is -2.09. The molecule has 1 fully saturated rings. The Balaban J connectivity index is 0.00000165. The van der Waals surface area contributed by atoms with E-state index in [9.17, 15) is 22.8 Å². The van der Waals surface area contributed by atoms with Crippen LogP contribution in [0.2, 0.25) is 0 Å². The summed E-state index contributed by atoms with van der Waals surface area (Å²) in [6, 6.07) is 7.74. The molecule has 178 valence electrons. The molecule has 0 radical (unpaired) electrons. The molecule has 1 unspecified atom stereocenters. The molecule has 2 amide bonds. The van der Waals surface area contributed by atoms with Gasteiger partial charge in [0.2, 0.25) is 0 Å². The van der Waals surface area contributed by atoms with Gasteiger partial charge < -0.3 is 10.2 Å². The zero-order valence-corrected chi connectivity index (χ0v) is 19.6. The zero-order chi connectivity index (χ0) is 24.0. The average molecular weight is 446 g/mol. The number of piperazine rings is 1. The minimum absolute atomic E-state index is 0.111. The molecule has 0 aromatic heterocycles. The molecule has 1 saturated heterocycles. The van der Waals surface area contributed by atoms with Gasteiger partial charge >= 0.3 is 12.2 Å². The lowest BCUT2D eigenvalue weighted by molar-refractivity contribution is -0.148. The maximum Gasteiger partial charge on any atom is 0.401 e. The maximum atomic E-state index is 12.5. The molecule has 31 heavy (non-hydrogen) atoms. The number of benzene rings is 1. The number of carbonyl (C=O) groups excluding carboxylic acids is 2. The van der Waals surface area contributed by atoms with Crippen LogP contribution in [0.15, 0.2) is 30.3 Å². The van der Waals surface area contributed by atoms with E-state index >= 15 is 0 Å². The Labute approximate surface area is 185 Å². The smallest absolute Gasteiger partial charge is 0.324 e. The Bertz CT molecular complexity index is 629. The summed E-state index contributed by atoms with van der Waals surface area (Å²) in [6.07, 6.45) is -2.99. The number of hydrogen-bond donors (Lipinski definition) is 1. The van der Waals surface area contributed by atoms with Crippen LogP contribution >= 0.6 is 0 Å². The minimum atomic E-state index is -4.24. The predicted octanol–water partition coefficient (Wildman–Crippen LogP) is 5.28. The molecule has 0 aliphatic carbocycles. The molecule has 1 aromatic carbocycles. The van der Waals surface area contributed by atoms with Gasteiger partial charge in [-0.15, -0.1) is 0 Å². The highest BCUT2D eigenvalue weighted by Crippen LogP contribution is 2.20. The van der Waals surface area contributed by atoms with Gasteiger partial charge in [0, 0.05) is 32.1 Å². The summed E-state index contributed by atoms with van der Waals surface area (Å²) in [5.41, 5.74) is 0.690. The van der Waals surface area contributed by atoms with Crippen molar-refractivity contribution in [3.63, 3.8) is 0 Å². The first kappa shape index (κ1) is 28.9. The predicted molar refractivity (Wildman–Crippen MR) is 119 cm³/mol. The van der Waals surface area contributed by atoms with Gasteiger partial charge in [0.1, 0.15) is 6.04 Å². The van der Waals surface area contributed by atoms with Crippen LogP contribution in [-0.4, -0.2) is 60.5 Å².